The van der Waals surface area contributed by atoms with E-state index >= 15 is 0 Å². The monoisotopic (exact) mass is 371 g/mol. The van der Waals surface area contributed by atoms with Crippen molar-refractivity contribution < 1.29 is 9.63 Å². The van der Waals surface area contributed by atoms with Gasteiger partial charge in [0, 0.05) is 5.56 Å². The Balaban J connectivity index is 1.47. The maximum Gasteiger partial charge on any atom is 0.274 e. The number of hydrogen-bond donors (Lipinski definition) is 1. The van der Waals surface area contributed by atoms with Gasteiger partial charge in [-0.1, -0.05) is 42.5 Å². The van der Waals surface area contributed by atoms with Gasteiger partial charge in [-0.2, -0.15) is 0 Å². The molecule has 0 saturated carbocycles. The Bertz CT molecular complexity index is 1170. The molecule has 4 rings (SSSR count). The summed E-state index contributed by atoms with van der Waals surface area (Å²) >= 11 is 0. The van der Waals surface area contributed by atoms with Crippen molar-refractivity contribution in [2.75, 3.05) is 0 Å². The van der Waals surface area contributed by atoms with Gasteiger partial charge in [0.1, 0.15) is 6.33 Å². The average molecular weight is 371 g/mol. The highest BCUT2D eigenvalue weighted by Crippen LogP contribution is 2.11. The maximum absolute atomic E-state index is 12.6. The quantitative estimate of drug-likeness (QED) is 0.547. The molecular formula is C22H17N3O3. The van der Waals surface area contributed by atoms with Crippen LogP contribution in [0.5, 0.6) is 0 Å². The van der Waals surface area contributed by atoms with Crippen LogP contribution in [0.2, 0.25) is 0 Å². The van der Waals surface area contributed by atoms with E-state index in [0.717, 1.165) is 5.56 Å². The number of amides is 1. The van der Waals surface area contributed by atoms with Gasteiger partial charge in [-0.05, 0) is 42.0 Å². The fourth-order valence-corrected chi connectivity index (χ4v) is 2.84. The number of carbonyl (C=O) groups excluding carboxylic acids is 1. The summed E-state index contributed by atoms with van der Waals surface area (Å²) in [5, 5.41) is 0.543. The highest BCUT2D eigenvalue weighted by atomic mass is 16.6. The van der Waals surface area contributed by atoms with Crippen molar-refractivity contribution in [2.24, 2.45) is 0 Å². The van der Waals surface area contributed by atoms with Gasteiger partial charge in [-0.3, -0.25) is 19.0 Å². The van der Waals surface area contributed by atoms with Gasteiger partial charge in [-0.15, -0.1) is 0 Å². The predicted molar refractivity (Wildman–Crippen MR) is 106 cm³/mol. The van der Waals surface area contributed by atoms with Gasteiger partial charge in [-0.25, -0.2) is 10.5 Å². The van der Waals surface area contributed by atoms with E-state index in [1.807, 2.05) is 36.4 Å². The van der Waals surface area contributed by atoms with Crippen LogP contribution in [-0.4, -0.2) is 15.5 Å². The number of aromatic nitrogens is 2. The molecule has 0 unspecified atom stereocenters. The Kier molecular flexibility index (Phi) is 4.95. The summed E-state index contributed by atoms with van der Waals surface area (Å²) in [6, 6.07) is 23.4. The zero-order valence-electron chi connectivity index (χ0n) is 14.9. The lowest BCUT2D eigenvalue weighted by Crippen LogP contribution is -2.23. The van der Waals surface area contributed by atoms with E-state index in [1.54, 1.807) is 42.5 Å². The third-order valence-corrected chi connectivity index (χ3v) is 4.32. The number of para-hydroxylation sites is 1. The highest BCUT2D eigenvalue weighted by Gasteiger charge is 2.08. The molecule has 0 atom stereocenters. The third kappa shape index (κ3) is 3.67. The second-order valence-corrected chi connectivity index (χ2v) is 6.19. The Morgan fingerprint density at radius 1 is 0.929 bits per heavy atom. The predicted octanol–water partition coefficient (Wildman–Crippen LogP) is 3.25. The molecule has 0 spiro atoms. The van der Waals surface area contributed by atoms with Crippen LogP contribution in [0.3, 0.4) is 0 Å². The van der Waals surface area contributed by atoms with Crippen LogP contribution in [-0.2, 0) is 11.4 Å². The molecule has 1 aromatic heterocycles. The molecule has 1 N–H and O–H groups in total. The summed E-state index contributed by atoms with van der Waals surface area (Å²) in [7, 11) is 0. The lowest BCUT2D eigenvalue weighted by molar-refractivity contribution is 0.0233. The van der Waals surface area contributed by atoms with Crippen LogP contribution in [0.1, 0.15) is 15.9 Å². The normalized spacial score (nSPS) is 10.7. The molecule has 28 heavy (non-hydrogen) atoms. The molecule has 0 bridgehead atoms. The number of hydroxylamine groups is 1. The fourth-order valence-electron chi connectivity index (χ4n) is 2.84. The summed E-state index contributed by atoms with van der Waals surface area (Å²) in [4.78, 5) is 34.4. The standard InChI is InChI=1S/C22H17N3O3/c26-21(24-28-14-16-6-2-1-3-7-16)17-10-12-18(13-11-17)25-15-23-20-9-5-4-8-19(20)22(25)27/h1-13,15H,14H2,(H,24,26). The molecule has 6 nitrogen and oxygen atoms in total. The molecule has 138 valence electrons. The molecule has 0 aliphatic heterocycles. The molecule has 3 aromatic carbocycles. The lowest BCUT2D eigenvalue weighted by atomic mass is 10.2. The van der Waals surface area contributed by atoms with E-state index in [0.29, 0.717) is 22.2 Å². The van der Waals surface area contributed by atoms with E-state index in [9.17, 15) is 9.59 Å². The van der Waals surface area contributed by atoms with Crippen molar-refractivity contribution in [2.45, 2.75) is 6.61 Å². The molecule has 1 amide bonds. The first-order valence-corrected chi connectivity index (χ1v) is 8.75. The minimum atomic E-state index is -0.355. The van der Waals surface area contributed by atoms with E-state index in [1.165, 1.54) is 10.9 Å². The highest BCUT2D eigenvalue weighted by molar-refractivity contribution is 5.93. The fraction of sp³-hybridized carbons (Fsp3) is 0.0455. The van der Waals surface area contributed by atoms with Crippen LogP contribution in [0.25, 0.3) is 16.6 Å². The number of hydrogen-bond acceptors (Lipinski definition) is 4. The van der Waals surface area contributed by atoms with Crippen molar-refractivity contribution >= 4 is 16.8 Å². The number of rotatable bonds is 5. The number of carbonyl (C=O) groups is 1. The molecular weight excluding hydrogens is 354 g/mol. The Morgan fingerprint density at radius 3 is 2.43 bits per heavy atom. The van der Waals surface area contributed by atoms with Crippen molar-refractivity contribution in [3.05, 3.63) is 107 Å². The van der Waals surface area contributed by atoms with Crippen LogP contribution < -0.4 is 11.0 Å². The van der Waals surface area contributed by atoms with E-state index in [4.69, 9.17) is 4.84 Å². The van der Waals surface area contributed by atoms with Gasteiger partial charge < -0.3 is 0 Å². The minimum absolute atomic E-state index is 0.158. The molecule has 1 heterocycles. The van der Waals surface area contributed by atoms with Crippen molar-refractivity contribution in [1.29, 1.82) is 0 Å². The Hall–Kier alpha value is -3.77. The van der Waals surface area contributed by atoms with E-state index in [2.05, 4.69) is 10.5 Å². The zero-order valence-corrected chi connectivity index (χ0v) is 14.9. The first-order valence-electron chi connectivity index (χ1n) is 8.75. The summed E-state index contributed by atoms with van der Waals surface area (Å²) in [6.45, 7) is 0.281. The topological polar surface area (TPSA) is 73.2 Å². The van der Waals surface area contributed by atoms with Crippen molar-refractivity contribution in [3.8, 4) is 5.69 Å². The molecule has 0 fully saturated rings. The average Bonchev–Trinajstić information content (AvgIpc) is 2.75. The molecule has 4 aromatic rings. The third-order valence-electron chi connectivity index (χ3n) is 4.32. The lowest BCUT2D eigenvalue weighted by Gasteiger charge is -2.09. The van der Waals surface area contributed by atoms with Crippen LogP contribution >= 0.6 is 0 Å². The number of nitrogens with one attached hydrogen (secondary N) is 1. The van der Waals surface area contributed by atoms with Gasteiger partial charge in [0.05, 0.1) is 23.2 Å². The zero-order chi connectivity index (χ0) is 19.3. The van der Waals surface area contributed by atoms with Crippen molar-refractivity contribution in [1.82, 2.24) is 15.0 Å². The van der Waals surface area contributed by atoms with Gasteiger partial charge in [0.25, 0.3) is 11.5 Å². The Labute approximate surface area is 161 Å². The summed E-state index contributed by atoms with van der Waals surface area (Å²) in [6.07, 6.45) is 1.49. The SMILES string of the molecule is O=C(NOCc1ccccc1)c1ccc(-n2cnc3ccccc3c2=O)cc1. The molecule has 0 saturated heterocycles. The molecule has 0 radical (unpaired) electrons. The van der Waals surface area contributed by atoms with Gasteiger partial charge >= 0.3 is 0 Å². The second-order valence-electron chi connectivity index (χ2n) is 6.19. The molecule has 0 aliphatic rings. The number of benzene rings is 3. The summed E-state index contributed by atoms with van der Waals surface area (Å²) < 4.78 is 1.45. The van der Waals surface area contributed by atoms with E-state index in [-0.39, 0.29) is 18.1 Å². The van der Waals surface area contributed by atoms with Gasteiger partial charge in [0.15, 0.2) is 0 Å². The first kappa shape index (κ1) is 17.6. The first-order chi connectivity index (χ1) is 13.7. The van der Waals surface area contributed by atoms with Crippen molar-refractivity contribution in [3.63, 3.8) is 0 Å². The smallest absolute Gasteiger partial charge is 0.269 e. The van der Waals surface area contributed by atoms with Crippen LogP contribution in [0.15, 0.2) is 90.0 Å². The molecule has 0 aliphatic carbocycles. The maximum atomic E-state index is 12.6. The van der Waals surface area contributed by atoms with Gasteiger partial charge in [0.2, 0.25) is 0 Å². The van der Waals surface area contributed by atoms with E-state index < -0.39 is 0 Å². The summed E-state index contributed by atoms with van der Waals surface area (Å²) in [5.41, 5.74) is 4.93. The minimum Gasteiger partial charge on any atom is -0.269 e. The second kappa shape index (κ2) is 7.85. The van der Waals surface area contributed by atoms with Crippen LogP contribution in [0.4, 0.5) is 0 Å². The summed E-state index contributed by atoms with van der Waals surface area (Å²) in [5.74, 6) is -0.355. The Morgan fingerprint density at radius 2 is 1.64 bits per heavy atom. The van der Waals surface area contributed by atoms with Crippen LogP contribution in [0, 0.1) is 0 Å². The molecule has 6 heteroatoms. The number of nitrogens with zero attached hydrogens (tertiary/aromatic N) is 2. The number of fused-ring (bicyclic) bond motifs is 1. The largest absolute Gasteiger partial charge is 0.274 e.